The molecule has 11 heteroatoms. The van der Waals surface area contributed by atoms with Gasteiger partial charge in [-0.15, -0.1) is 0 Å². The summed E-state index contributed by atoms with van der Waals surface area (Å²) in [5.41, 5.74) is 0.998. The Hall–Kier alpha value is -1.81. The number of hydrogen-bond donors (Lipinski definition) is 1. The van der Waals surface area contributed by atoms with Gasteiger partial charge in [0.15, 0.2) is 0 Å². The first-order chi connectivity index (χ1) is 16.4. The van der Waals surface area contributed by atoms with Crippen LogP contribution in [0.4, 0.5) is 5.69 Å². The number of benzene rings is 2. The summed E-state index contributed by atoms with van der Waals surface area (Å²) in [6.07, 6.45) is 2.11. The molecule has 0 spiro atoms. The summed E-state index contributed by atoms with van der Waals surface area (Å²) in [4.78, 5) is 28.1. The van der Waals surface area contributed by atoms with Gasteiger partial charge in [-0.05, 0) is 55.7 Å². The van der Waals surface area contributed by atoms with E-state index in [0.29, 0.717) is 32.2 Å². The molecule has 0 bridgehead atoms. The van der Waals surface area contributed by atoms with Crippen molar-refractivity contribution in [1.82, 2.24) is 10.2 Å². The monoisotopic (exact) mass is 605 g/mol. The van der Waals surface area contributed by atoms with Gasteiger partial charge < -0.3 is 10.2 Å². The highest BCUT2D eigenvalue weighted by Gasteiger charge is 2.32. The van der Waals surface area contributed by atoms with Crippen molar-refractivity contribution in [2.45, 2.75) is 52.2 Å². The maximum absolute atomic E-state index is 13.6. The highest BCUT2D eigenvalue weighted by molar-refractivity contribution is 9.10. The largest absolute Gasteiger partial charge is 0.352 e. The third kappa shape index (κ3) is 8.37. The van der Waals surface area contributed by atoms with Crippen LogP contribution < -0.4 is 9.62 Å². The average Bonchev–Trinajstić information content (AvgIpc) is 2.78. The van der Waals surface area contributed by atoms with Crippen LogP contribution in [-0.2, 0) is 26.2 Å². The zero-order chi connectivity index (χ0) is 26.3. The molecule has 0 saturated heterocycles. The molecule has 0 fully saturated rings. The molecule has 2 amide bonds. The van der Waals surface area contributed by atoms with E-state index in [1.165, 1.54) is 4.90 Å². The number of carbonyl (C=O) groups is 2. The second-order valence-corrected chi connectivity index (χ2v) is 11.9. The minimum absolute atomic E-state index is 0.0538. The lowest BCUT2D eigenvalue weighted by Gasteiger charge is -2.33. The summed E-state index contributed by atoms with van der Waals surface area (Å²) in [5.74, 6) is -0.823. The molecule has 2 atom stereocenters. The van der Waals surface area contributed by atoms with Gasteiger partial charge in [0.05, 0.1) is 22.0 Å². The summed E-state index contributed by atoms with van der Waals surface area (Å²) in [5, 5.41) is 3.62. The smallest absolute Gasteiger partial charge is 0.244 e. The van der Waals surface area contributed by atoms with Crippen LogP contribution in [0.15, 0.2) is 46.9 Å². The fraction of sp³-hybridized carbons (Fsp3) is 0.417. The van der Waals surface area contributed by atoms with E-state index in [4.69, 9.17) is 23.2 Å². The number of hydrogen-bond acceptors (Lipinski definition) is 4. The topological polar surface area (TPSA) is 86.8 Å². The van der Waals surface area contributed by atoms with Crippen LogP contribution in [-0.4, -0.2) is 50.0 Å². The van der Waals surface area contributed by atoms with Crippen molar-refractivity contribution in [2.24, 2.45) is 0 Å². The minimum atomic E-state index is -3.80. The standard InChI is InChI=1S/C24H30BrCl2N3O4S/c1-5-16(3)28-24(32)22(6-2)29(14-17-10-11-20(26)21(27)12-17)23(31)15-30(35(4,33)34)19-9-7-8-18(25)13-19/h7-13,16,22H,5-6,14-15H2,1-4H3,(H,28,32). The van der Waals surface area contributed by atoms with E-state index in [1.807, 2.05) is 13.8 Å². The van der Waals surface area contributed by atoms with Crippen molar-refractivity contribution in [3.8, 4) is 0 Å². The third-order valence-corrected chi connectivity index (χ3v) is 7.87. The third-order valence-electron chi connectivity index (χ3n) is 5.50. The van der Waals surface area contributed by atoms with Gasteiger partial charge in [-0.25, -0.2) is 8.42 Å². The van der Waals surface area contributed by atoms with Crippen molar-refractivity contribution in [2.75, 3.05) is 17.1 Å². The summed E-state index contributed by atoms with van der Waals surface area (Å²) in [7, 11) is -3.80. The quantitative estimate of drug-likeness (QED) is 0.379. The molecule has 2 aromatic carbocycles. The molecule has 0 radical (unpaired) electrons. The van der Waals surface area contributed by atoms with Crippen LogP contribution in [0.2, 0.25) is 10.0 Å². The van der Waals surface area contributed by atoms with Crippen LogP contribution in [0, 0.1) is 0 Å². The van der Waals surface area contributed by atoms with Gasteiger partial charge in [0, 0.05) is 17.1 Å². The summed E-state index contributed by atoms with van der Waals surface area (Å²) in [6, 6.07) is 10.7. The van der Waals surface area contributed by atoms with E-state index in [0.717, 1.165) is 17.0 Å². The molecule has 2 aromatic rings. The Morgan fingerprint density at radius 1 is 1.06 bits per heavy atom. The maximum Gasteiger partial charge on any atom is 0.244 e. The number of nitrogens with zero attached hydrogens (tertiary/aromatic N) is 2. The van der Waals surface area contributed by atoms with Gasteiger partial charge in [0.1, 0.15) is 12.6 Å². The van der Waals surface area contributed by atoms with Gasteiger partial charge in [0.2, 0.25) is 21.8 Å². The van der Waals surface area contributed by atoms with Gasteiger partial charge in [0.25, 0.3) is 0 Å². The van der Waals surface area contributed by atoms with Crippen molar-refractivity contribution in [3.05, 3.63) is 62.5 Å². The number of carbonyl (C=O) groups excluding carboxylic acids is 2. The predicted molar refractivity (Wildman–Crippen MR) is 145 cm³/mol. The first-order valence-electron chi connectivity index (χ1n) is 11.1. The maximum atomic E-state index is 13.6. The van der Waals surface area contributed by atoms with Crippen LogP contribution in [0.25, 0.3) is 0 Å². The highest BCUT2D eigenvalue weighted by atomic mass is 79.9. The minimum Gasteiger partial charge on any atom is -0.352 e. The Bertz CT molecular complexity index is 1160. The lowest BCUT2D eigenvalue weighted by Crippen LogP contribution is -2.53. The normalized spacial score (nSPS) is 13.1. The number of sulfonamides is 1. The predicted octanol–water partition coefficient (Wildman–Crippen LogP) is 5.24. The van der Waals surface area contributed by atoms with Gasteiger partial charge >= 0.3 is 0 Å². The molecule has 0 aromatic heterocycles. The molecular formula is C24H30BrCl2N3O4S. The van der Waals surface area contributed by atoms with Gasteiger partial charge in [-0.1, -0.05) is 65.1 Å². The van der Waals surface area contributed by atoms with E-state index in [2.05, 4.69) is 21.2 Å². The Labute approximate surface area is 225 Å². The Morgan fingerprint density at radius 3 is 2.29 bits per heavy atom. The zero-order valence-electron chi connectivity index (χ0n) is 20.1. The summed E-state index contributed by atoms with van der Waals surface area (Å²) >= 11 is 15.6. The lowest BCUT2D eigenvalue weighted by molar-refractivity contribution is -0.140. The van der Waals surface area contributed by atoms with Crippen LogP contribution >= 0.6 is 39.1 Å². The van der Waals surface area contributed by atoms with Crippen molar-refractivity contribution in [3.63, 3.8) is 0 Å². The van der Waals surface area contributed by atoms with Crippen molar-refractivity contribution >= 4 is 66.7 Å². The molecule has 2 unspecified atom stereocenters. The molecule has 0 aliphatic rings. The molecule has 0 saturated carbocycles. The Kier molecular flexibility index (Phi) is 10.9. The first kappa shape index (κ1) is 29.4. The molecule has 192 valence electrons. The van der Waals surface area contributed by atoms with E-state index < -0.39 is 28.5 Å². The first-order valence-corrected chi connectivity index (χ1v) is 14.5. The van der Waals surface area contributed by atoms with E-state index in [9.17, 15) is 18.0 Å². The molecule has 2 rings (SSSR count). The van der Waals surface area contributed by atoms with Crippen LogP contribution in [0.5, 0.6) is 0 Å². The summed E-state index contributed by atoms with van der Waals surface area (Å²) < 4.78 is 27.0. The van der Waals surface area contributed by atoms with E-state index in [1.54, 1.807) is 49.4 Å². The number of nitrogens with one attached hydrogen (secondary N) is 1. The number of anilines is 1. The number of amides is 2. The molecule has 7 nitrogen and oxygen atoms in total. The van der Waals surface area contributed by atoms with Crippen LogP contribution in [0.3, 0.4) is 0 Å². The number of rotatable bonds is 11. The fourth-order valence-electron chi connectivity index (χ4n) is 3.44. The number of halogens is 3. The molecule has 0 heterocycles. The SMILES string of the molecule is CCC(C)NC(=O)C(CC)N(Cc1ccc(Cl)c(Cl)c1)C(=O)CN(c1cccc(Br)c1)S(C)(=O)=O. The lowest BCUT2D eigenvalue weighted by atomic mass is 10.1. The van der Waals surface area contributed by atoms with Crippen molar-refractivity contribution < 1.29 is 18.0 Å². The van der Waals surface area contributed by atoms with E-state index in [-0.39, 0.29) is 18.5 Å². The molecule has 0 aliphatic carbocycles. The second kappa shape index (κ2) is 12.9. The molecule has 0 aliphatic heterocycles. The van der Waals surface area contributed by atoms with E-state index >= 15 is 0 Å². The summed E-state index contributed by atoms with van der Waals surface area (Å²) in [6.45, 7) is 5.22. The average molecular weight is 607 g/mol. The second-order valence-electron chi connectivity index (χ2n) is 8.26. The Morgan fingerprint density at radius 2 is 1.74 bits per heavy atom. The van der Waals surface area contributed by atoms with Gasteiger partial charge in [-0.3, -0.25) is 13.9 Å². The molecule has 1 N–H and O–H groups in total. The highest BCUT2D eigenvalue weighted by Crippen LogP contribution is 2.25. The van der Waals surface area contributed by atoms with Crippen molar-refractivity contribution in [1.29, 1.82) is 0 Å². The molecular weight excluding hydrogens is 577 g/mol. The Balaban J connectivity index is 2.46. The van der Waals surface area contributed by atoms with Gasteiger partial charge in [-0.2, -0.15) is 0 Å². The fourth-order valence-corrected chi connectivity index (χ4v) is 4.99. The molecule has 35 heavy (non-hydrogen) atoms. The van der Waals surface area contributed by atoms with Crippen LogP contribution in [0.1, 0.15) is 39.2 Å². The zero-order valence-corrected chi connectivity index (χ0v) is 24.0.